The molecule has 3 N–H and O–H groups in total. The molecule has 110 valence electrons. The van der Waals surface area contributed by atoms with Gasteiger partial charge in [-0.2, -0.15) is 0 Å². The van der Waals surface area contributed by atoms with Crippen LogP contribution in [-0.4, -0.2) is 18.6 Å². The Kier molecular flexibility index (Phi) is 5.19. The van der Waals surface area contributed by atoms with Crippen LogP contribution in [0.5, 0.6) is 0 Å². The van der Waals surface area contributed by atoms with Crippen LogP contribution in [0.1, 0.15) is 25.7 Å². The molecule has 0 bridgehead atoms. The van der Waals surface area contributed by atoms with E-state index in [0.717, 1.165) is 43.3 Å². The van der Waals surface area contributed by atoms with Crippen molar-refractivity contribution >= 4 is 23.5 Å². The van der Waals surface area contributed by atoms with Crippen molar-refractivity contribution in [3.05, 3.63) is 23.8 Å². The topological polar surface area (TPSA) is 64.3 Å². The number of halogens is 2. The van der Waals surface area contributed by atoms with Crippen molar-refractivity contribution in [3.8, 4) is 0 Å². The third kappa shape index (κ3) is 3.83. The van der Waals surface area contributed by atoms with E-state index in [0.29, 0.717) is 13.0 Å². The number of amides is 1. The Bertz CT molecular complexity index is 468. The molecule has 1 saturated heterocycles. The summed E-state index contributed by atoms with van der Waals surface area (Å²) in [4.78, 5) is 12.1. The van der Waals surface area contributed by atoms with Crippen LogP contribution >= 0.6 is 11.9 Å². The highest BCUT2D eigenvalue weighted by molar-refractivity contribution is 7.98. The first-order valence-corrected chi connectivity index (χ1v) is 7.22. The fraction of sp³-hybridized carbons (Fsp3) is 0.462. The molecule has 7 heteroatoms. The summed E-state index contributed by atoms with van der Waals surface area (Å²) < 4.78 is 34.5. The molecule has 20 heavy (non-hydrogen) atoms. The van der Waals surface area contributed by atoms with Gasteiger partial charge in [0.1, 0.15) is 23.4 Å². The highest BCUT2D eigenvalue weighted by Crippen LogP contribution is 2.23. The van der Waals surface area contributed by atoms with E-state index in [9.17, 15) is 13.6 Å². The number of rotatable bonds is 3. The van der Waals surface area contributed by atoms with Crippen molar-refractivity contribution < 1.29 is 18.3 Å². The summed E-state index contributed by atoms with van der Waals surface area (Å²) in [7, 11) is 0. The summed E-state index contributed by atoms with van der Waals surface area (Å²) in [6.07, 6.45) is 3.11. The Labute approximate surface area is 120 Å². The molecule has 1 amide bonds. The number of hydrogen-bond acceptors (Lipinski definition) is 4. The van der Waals surface area contributed by atoms with E-state index in [1.807, 2.05) is 0 Å². The van der Waals surface area contributed by atoms with Crippen molar-refractivity contribution in [1.29, 1.82) is 0 Å². The molecule has 4 nitrogen and oxygen atoms in total. The van der Waals surface area contributed by atoms with Crippen molar-refractivity contribution in [2.45, 2.75) is 36.7 Å². The average Bonchev–Trinajstić information content (AvgIpc) is 2.71. The first kappa shape index (κ1) is 15.1. The third-order valence-electron chi connectivity index (χ3n) is 3.04. The molecule has 1 aromatic carbocycles. The first-order valence-electron chi connectivity index (χ1n) is 6.41. The third-order valence-corrected chi connectivity index (χ3v) is 3.82. The van der Waals surface area contributed by atoms with Crippen molar-refractivity contribution in [2.24, 2.45) is 0 Å². The zero-order valence-corrected chi connectivity index (χ0v) is 11.6. The zero-order chi connectivity index (χ0) is 14.5. The molecule has 0 radical (unpaired) electrons. The van der Waals surface area contributed by atoms with Crippen LogP contribution in [0.15, 0.2) is 17.0 Å². The molecule has 0 spiro atoms. The summed E-state index contributed by atoms with van der Waals surface area (Å²) >= 11 is 0.851. The summed E-state index contributed by atoms with van der Waals surface area (Å²) in [6.45, 7) is 0.563. The smallest absolute Gasteiger partial charge is 0.259 e. The van der Waals surface area contributed by atoms with Crippen LogP contribution in [0, 0.1) is 11.6 Å². The Balaban J connectivity index is 1.92. The number of nitrogens with two attached hydrogens (primary N) is 1. The lowest BCUT2D eigenvalue weighted by molar-refractivity contribution is -0.130. The normalized spacial score (nSPS) is 19.4. The predicted octanol–water partition coefficient (Wildman–Crippen LogP) is 2.63. The number of carbonyl (C=O) groups excluding carboxylic acids is 1. The van der Waals surface area contributed by atoms with Crippen molar-refractivity contribution in [2.75, 3.05) is 12.3 Å². The van der Waals surface area contributed by atoms with E-state index in [2.05, 4.69) is 4.72 Å². The highest BCUT2D eigenvalue weighted by atomic mass is 32.2. The molecule has 1 heterocycles. The molecule has 1 unspecified atom stereocenters. The summed E-state index contributed by atoms with van der Waals surface area (Å²) in [6, 6.07) is 2.16. The second-order valence-electron chi connectivity index (χ2n) is 4.58. The Morgan fingerprint density at radius 2 is 2.00 bits per heavy atom. The van der Waals surface area contributed by atoms with E-state index >= 15 is 0 Å². The van der Waals surface area contributed by atoms with Crippen LogP contribution < -0.4 is 10.5 Å². The van der Waals surface area contributed by atoms with E-state index < -0.39 is 23.4 Å². The van der Waals surface area contributed by atoms with Gasteiger partial charge in [-0.15, -0.1) is 0 Å². The minimum absolute atomic E-state index is 0.246. The van der Waals surface area contributed by atoms with Crippen LogP contribution in [-0.2, 0) is 9.53 Å². The number of hydrogen-bond donors (Lipinski definition) is 2. The maximum Gasteiger partial charge on any atom is 0.259 e. The average molecular weight is 302 g/mol. The minimum atomic E-state index is -0.840. The molecule has 1 atom stereocenters. The van der Waals surface area contributed by atoms with Gasteiger partial charge in [-0.3, -0.25) is 9.52 Å². The number of ether oxygens (including phenoxy) is 1. The molecule has 0 saturated carbocycles. The number of nitrogens with one attached hydrogen (secondary N) is 1. The second kappa shape index (κ2) is 6.90. The van der Waals surface area contributed by atoms with Gasteiger partial charge < -0.3 is 10.5 Å². The van der Waals surface area contributed by atoms with E-state index in [1.165, 1.54) is 0 Å². The van der Waals surface area contributed by atoms with Crippen LogP contribution in [0.3, 0.4) is 0 Å². The molecule has 0 aliphatic carbocycles. The van der Waals surface area contributed by atoms with Gasteiger partial charge in [0.2, 0.25) is 0 Å². The van der Waals surface area contributed by atoms with Gasteiger partial charge in [-0.1, -0.05) is 12.8 Å². The predicted molar refractivity (Wildman–Crippen MR) is 73.0 cm³/mol. The molecular weight excluding hydrogens is 286 g/mol. The minimum Gasteiger partial charge on any atom is -0.394 e. The van der Waals surface area contributed by atoms with E-state index in [1.54, 1.807) is 0 Å². The lowest BCUT2D eigenvalue weighted by atomic mass is 10.1. The molecule has 1 fully saturated rings. The van der Waals surface area contributed by atoms with Crippen LogP contribution in [0.25, 0.3) is 0 Å². The second-order valence-corrected chi connectivity index (χ2v) is 5.46. The number of nitrogen functional groups attached to an aromatic ring is 1. The van der Waals surface area contributed by atoms with Crippen molar-refractivity contribution in [3.63, 3.8) is 0 Å². The zero-order valence-electron chi connectivity index (χ0n) is 10.8. The highest BCUT2D eigenvalue weighted by Gasteiger charge is 2.21. The molecule has 1 aliphatic heterocycles. The summed E-state index contributed by atoms with van der Waals surface area (Å²) in [5.41, 5.74) is 4.65. The lowest BCUT2D eigenvalue weighted by Crippen LogP contribution is -2.32. The largest absolute Gasteiger partial charge is 0.394 e. The fourth-order valence-corrected chi connectivity index (χ4v) is 2.59. The summed E-state index contributed by atoms with van der Waals surface area (Å²) in [5.74, 6) is -1.96. The number of carbonyl (C=O) groups is 1. The van der Waals surface area contributed by atoms with Crippen LogP contribution in [0.2, 0.25) is 0 Å². The maximum absolute atomic E-state index is 13.3. The molecule has 0 aromatic heterocycles. The summed E-state index contributed by atoms with van der Waals surface area (Å²) in [5, 5.41) is 0. The molecule has 2 rings (SSSR count). The Hall–Kier alpha value is -1.34. The SMILES string of the molecule is Nc1c(F)cc(SNC(=O)C2CCCCCO2)cc1F. The molecular formula is C13H16F2N2O2S. The van der Waals surface area contributed by atoms with Crippen LogP contribution in [0.4, 0.5) is 14.5 Å². The van der Waals surface area contributed by atoms with Gasteiger partial charge in [0.25, 0.3) is 5.91 Å². The van der Waals surface area contributed by atoms with E-state index in [-0.39, 0.29) is 10.8 Å². The van der Waals surface area contributed by atoms with Gasteiger partial charge >= 0.3 is 0 Å². The van der Waals surface area contributed by atoms with E-state index in [4.69, 9.17) is 10.5 Å². The Morgan fingerprint density at radius 3 is 2.70 bits per heavy atom. The Morgan fingerprint density at radius 1 is 1.30 bits per heavy atom. The van der Waals surface area contributed by atoms with Gasteiger partial charge in [0.15, 0.2) is 0 Å². The van der Waals surface area contributed by atoms with Gasteiger partial charge in [0.05, 0.1) is 0 Å². The number of anilines is 1. The van der Waals surface area contributed by atoms with Gasteiger partial charge in [0, 0.05) is 11.5 Å². The van der Waals surface area contributed by atoms with Crippen molar-refractivity contribution in [1.82, 2.24) is 4.72 Å². The van der Waals surface area contributed by atoms with Gasteiger partial charge in [-0.05, 0) is 36.9 Å². The first-order chi connectivity index (χ1) is 9.58. The number of benzene rings is 1. The standard InChI is InChI=1S/C13H16F2N2O2S/c14-9-6-8(7-10(15)12(9)16)20-17-13(18)11-4-2-1-3-5-19-11/h6-7,11H,1-5,16H2,(H,17,18). The molecule has 1 aliphatic rings. The lowest BCUT2D eigenvalue weighted by Gasteiger charge is -2.14. The molecule has 1 aromatic rings. The maximum atomic E-state index is 13.3. The fourth-order valence-electron chi connectivity index (χ4n) is 1.92. The van der Waals surface area contributed by atoms with Gasteiger partial charge in [-0.25, -0.2) is 8.78 Å². The quantitative estimate of drug-likeness (QED) is 0.665. The monoisotopic (exact) mass is 302 g/mol.